The Balaban J connectivity index is 1.50. The average molecular weight is 341 g/mol. The molecule has 0 spiro atoms. The lowest BCUT2D eigenvalue weighted by atomic mass is 10.2. The fourth-order valence-electron chi connectivity index (χ4n) is 3.06. The molecule has 3 heterocycles. The summed E-state index contributed by atoms with van der Waals surface area (Å²) >= 11 is 0. The van der Waals surface area contributed by atoms with Gasteiger partial charge < -0.3 is 19.9 Å². The van der Waals surface area contributed by atoms with Crippen LogP contribution < -0.4 is 15.5 Å². The number of carbonyl (C=O) groups excluding carboxylic acids is 2. The van der Waals surface area contributed by atoms with Crippen LogP contribution in [-0.4, -0.2) is 47.8 Å². The van der Waals surface area contributed by atoms with E-state index in [0.717, 1.165) is 31.9 Å². The van der Waals surface area contributed by atoms with Crippen molar-refractivity contribution in [1.82, 2.24) is 14.9 Å². The molecule has 2 aliphatic heterocycles. The smallest absolute Gasteiger partial charge is 0.414 e. The molecule has 8 heteroatoms. The zero-order chi connectivity index (χ0) is 17.2. The molecule has 2 aromatic rings. The van der Waals surface area contributed by atoms with E-state index in [1.165, 1.54) is 0 Å². The van der Waals surface area contributed by atoms with E-state index < -0.39 is 0 Å². The Hall–Kier alpha value is -2.87. The van der Waals surface area contributed by atoms with Crippen LogP contribution in [0.15, 0.2) is 30.5 Å². The summed E-state index contributed by atoms with van der Waals surface area (Å²) < 4.78 is 6.97. The summed E-state index contributed by atoms with van der Waals surface area (Å²) in [5, 5.41) is 6.15. The van der Waals surface area contributed by atoms with Gasteiger partial charge in [0.25, 0.3) is 5.91 Å². The van der Waals surface area contributed by atoms with E-state index in [0.29, 0.717) is 30.2 Å². The van der Waals surface area contributed by atoms with E-state index in [-0.39, 0.29) is 12.0 Å². The highest BCUT2D eigenvalue weighted by Crippen LogP contribution is 2.22. The summed E-state index contributed by atoms with van der Waals surface area (Å²) in [6.07, 6.45) is 2.23. The standard InChI is InChI=1S/C17H19N5O3/c23-16(14-11-21-7-6-18-5-4-15(21)20-14)19-12-2-1-3-13(10-12)22-8-9-25-17(22)24/h1-3,10-11,18H,4-9H2,(H,19,23). The third-order valence-electron chi connectivity index (χ3n) is 4.32. The number of rotatable bonds is 3. The minimum Gasteiger partial charge on any atom is -0.447 e. The van der Waals surface area contributed by atoms with Crippen molar-refractivity contribution in [3.63, 3.8) is 0 Å². The highest BCUT2D eigenvalue weighted by atomic mass is 16.6. The molecule has 0 atom stereocenters. The second-order valence-corrected chi connectivity index (χ2v) is 6.01. The van der Waals surface area contributed by atoms with Crippen LogP contribution in [0.25, 0.3) is 0 Å². The predicted molar refractivity (Wildman–Crippen MR) is 91.9 cm³/mol. The zero-order valence-electron chi connectivity index (χ0n) is 13.7. The number of nitrogens with one attached hydrogen (secondary N) is 2. The van der Waals surface area contributed by atoms with Gasteiger partial charge in [0.1, 0.15) is 18.1 Å². The van der Waals surface area contributed by atoms with E-state index in [4.69, 9.17) is 4.74 Å². The molecule has 1 saturated heterocycles. The Labute approximate surface area is 144 Å². The number of nitrogens with zero attached hydrogens (tertiary/aromatic N) is 3. The van der Waals surface area contributed by atoms with Gasteiger partial charge in [-0.3, -0.25) is 9.69 Å². The first kappa shape index (κ1) is 15.6. The Bertz CT molecular complexity index is 793. The minimum absolute atomic E-state index is 0.255. The number of fused-ring (bicyclic) bond motifs is 1. The van der Waals surface area contributed by atoms with Crippen molar-refractivity contribution in [2.75, 3.05) is 36.5 Å². The van der Waals surface area contributed by atoms with Gasteiger partial charge in [0.05, 0.1) is 6.54 Å². The molecule has 0 radical (unpaired) electrons. The minimum atomic E-state index is -0.366. The van der Waals surface area contributed by atoms with Crippen LogP contribution in [0.1, 0.15) is 16.3 Å². The largest absolute Gasteiger partial charge is 0.447 e. The van der Waals surface area contributed by atoms with Crippen LogP contribution in [0.4, 0.5) is 16.2 Å². The van der Waals surface area contributed by atoms with Gasteiger partial charge in [0.15, 0.2) is 0 Å². The van der Waals surface area contributed by atoms with Crippen LogP contribution in [0.2, 0.25) is 0 Å². The number of benzene rings is 1. The molecule has 0 bridgehead atoms. The van der Waals surface area contributed by atoms with Crippen molar-refractivity contribution in [3.8, 4) is 0 Å². The van der Waals surface area contributed by atoms with Gasteiger partial charge >= 0.3 is 6.09 Å². The Morgan fingerprint density at radius 2 is 2.20 bits per heavy atom. The second kappa shape index (κ2) is 6.56. The number of carbonyl (C=O) groups is 2. The third-order valence-corrected chi connectivity index (χ3v) is 4.32. The first-order chi connectivity index (χ1) is 12.2. The molecule has 0 aliphatic carbocycles. The van der Waals surface area contributed by atoms with Crippen molar-refractivity contribution in [2.45, 2.75) is 13.0 Å². The van der Waals surface area contributed by atoms with Crippen LogP contribution >= 0.6 is 0 Å². The van der Waals surface area contributed by atoms with E-state index in [9.17, 15) is 9.59 Å². The number of ether oxygens (including phenoxy) is 1. The lowest BCUT2D eigenvalue weighted by molar-refractivity contribution is 0.102. The molecule has 1 aromatic carbocycles. The normalized spacial score (nSPS) is 17.0. The number of hydrogen-bond acceptors (Lipinski definition) is 5. The topological polar surface area (TPSA) is 88.5 Å². The van der Waals surface area contributed by atoms with E-state index >= 15 is 0 Å². The van der Waals surface area contributed by atoms with Crippen LogP contribution in [0.5, 0.6) is 0 Å². The molecule has 2 amide bonds. The number of aromatic nitrogens is 2. The van der Waals surface area contributed by atoms with Crippen molar-refractivity contribution in [3.05, 3.63) is 42.0 Å². The Kier molecular flexibility index (Phi) is 4.10. The van der Waals surface area contributed by atoms with Crippen molar-refractivity contribution >= 4 is 23.4 Å². The molecule has 1 aromatic heterocycles. The molecule has 130 valence electrons. The fourth-order valence-corrected chi connectivity index (χ4v) is 3.06. The van der Waals surface area contributed by atoms with Gasteiger partial charge in [-0.1, -0.05) is 6.07 Å². The lowest BCUT2D eigenvalue weighted by Gasteiger charge is -2.14. The number of amides is 2. The highest BCUT2D eigenvalue weighted by molar-refractivity contribution is 6.03. The first-order valence-electron chi connectivity index (χ1n) is 8.33. The molecular formula is C17H19N5O3. The van der Waals surface area contributed by atoms with Crippen LogP contribution in [0.3, 0.4) is 0 Å². The second-order valence-electron chi connectivity index (χ2n) is 6.01. The number of hydrogen-bond donors (Lipinski definition) is 2. The molecular weight excluding hydrogens is 322 g/mol. The van der Waals surface area contributed by atoms with Gasteiger partial charge in [-0.25, -0.2) is 9.78 Å². The Morgan fingerprint density at radius 3 is 3.04 bits per heavy atom. The quantitative estimate of drug-likeness (QED) is 0.877. The van der Waals surface area contributed by atoms with E-state index in [2.05, 4.69) is 15.6 Å². The van der Waals surface area contributed by atoms with Crippen molar-refractivity contribution in [2.24, 2.45) is 0 Å². The maximum Gasteiger partial charge on any atom is 0.414 e. The third kappa shape index (κ3) is 3.20. The first-order valence-corrected chi connectivity index (χ1v) is 8.33. The van der Waals surface area contributed by atoms with Gasteiger partial charge in [-0.05, 0) is 18.2 Å². The molecule has 25 heavy (non-hydrogen) atoms. The van der Waals surface area contributed by atoms with E-state index in [1.54, 1.807) is 29.3 Å². The molecule has 4 rings (SSSR count). The van der Waals surface area contributed by atoms with Crippen LogP contribution in [0, 0.1) is 0 Å². The molecule has 0 saturated carbocycles. The zero-order valence-corrected chi connectivity index (χ0v) is 13.7. The number of imidazole rings is 1. The molecule has 2 N–H and O–H groups in total. The van der Waals surface area contributed by atoms with Gasteiger partial charge in [-0.15, -0.1) is 0 Å². The predicted octanol–water partition coefficient (Wildman–Crippen LogP) is 1.24. The molecule has 0 unspecified atom stereocenters. The van der Waals surface area contributed by atoms with Crippen molar-refractivity contribution in [1.29, 1.82) is 0 Å². The summed E-state index contributed by atoms with van der Waals surface area (Å²) in [5.41, 5.74) is 1.72. The van der Waals surface area contributed by atoms with Crippen molar-refractivity contribution < 1.29 is 14.3 Å². The van der Waals surface area contributed by atoms with Gasteiger partial charge in [0, 0.05) is 43.6 Å². The lowest BCUT2D eigenvalue weighted by Crippen LogP contribution is -2.23. The monoisotopic (exact) mass is 341 g/mol. The van der Waals surface area contributed by atoms with Gasteiger partial charge in [-0.2, -0.15) is 0 Å². The molecule has 8 nitrogen and oxygen atoms in total. The average Bonchev–Trinajstić information content (AvgIpc) is 3.16. The highest BCUT2D eigenvalue weighted by Gasteiger charge is 2.24. The summed E-state index contributed by atoms with van der Waals surface area (Å²) in [6.45, 7) is 3.44. The Morgan fingerprint density at radius 1 is 1.28 bits per heavy atom. The summed E-state index contributed by atoms with van der Waals surface area (Å²) in [7, 11) is 0. The summed E-state index contributed by atoms with van der Waals surface area (Å²) in [6, 6.07) is 7.15. The summed E-state index contributed by atoms with van der Waals surface area (Å²) in [5.74, 6) is 0.665. The van der Waals surface area contributed by atoms with Crippen LogP contribution in [-0.2, 0) is 17.7 Å². The summed E-state index contributed by atoms with van der Waals surface area (Å²) in [4.78, 5) is 30.2. The fraction of sp³-hybridized carbons (Fsp3) is 0.353. The number of cyclic esters (lactones) is 1. The van der Waals surface area contributed by atoms with E-state index in [1.807, 2.05) is 10.6 Å². The molecule has 1 fully saturated rings. The maximum absolute atomic E-state index is 12.5. The molecule has 2 aliphatic rings. The van der Waals surface area contributed by atoms with Gasteiger partial charge in [0.2, 0.25) is 0 Å². The SMILES string of the molecule is O=C(Nc1cccc(N2CCOC2=O)c1)c1cn2c(n1)CCNCC2. The number of anilines is 2. The maximum atomic E-state index is 12.5.